The third-order valence-electron chi connectivity index (χ3n) is 3.97. The molecule has 130 valence electrons. The highest BCUT2D eigenvalue weighted by atomic mass is 35.5. The van der Waals surface area contributed by atoms with Gasteiger partial charge in [0.15, 0.2) is 0 Å². The topological polar surface area (TPSA) is 73.3 Å². The van der Waals surface area contributed by atoms with E-state index >= 15 is 0 Å². The highest BCUT2D eigenvalue weighted by molar-refractivity contribution is 6.32. The van der Waals surface area contributed by atoms with Crippen LogP contribution in [0, 0.1) is 0 Å². The molecule has 0 aliphatic carbocycles. The van der Waals surface area contributed by atoms with Gasteiger partial charge in [0.25, 0.3) is 0 Å². The maximum atomic E-state index is 9.45. The second-order valence-electron chi connectivity index (χ2n) is 5.92. The van der Waals surface area contributed by atoms with Crippen LogP contribution in [0.5, 0.6) is 11.5 Å². The molecule has 0 fully saturated rings. The van der Waals surface area contributed by atoms with Crippen molar-refractivity contribution in [2.75, 3.05) is 7.11 Å². The van der Waals surface area contributed by atoms with Crippen LogP contribution in [-0.2, 0) is 6.42 Å². The molecule has 0 unspecified atom stereocenters. The summed E-state index contributed by atoms with van der Waals surface area (Å²) in [4.78, 5) is 0. The molecule has 0 radical (unpaired) electrons. The van der Waals surface area contributed by atoms with Gasteiger partial charge in [-0.15, -0.1) is 0 Å². The average Bonchev–Trinajstić information content (AvgIpc) is 3.00. The van der Waals surface area contributed by atoms with Crippen molar-refractivity contribution >= 4 is 11.6 Å². The van der Waals surface area contributed by atoms with Crippen LogP contribution in [-0.4, -0.2) is 22.0 Å². The summed E-state index contributed by atoms with van der Waals surface area (Å²) in [5.41, 5.74) is 9.59. The standard InChI is InChI=1S/C19H20ClN3O2/c1-12(21)18-10-14(9-13-3-5-15(24)6-4-13)23(22-18)19-8-7-16(25-2)11-17(19)20/h3-8,10-12,24H,9,21H2,1-2H3/t12-/m0/s1. The zero-order valence-electron chi connectivity index (χ0n) is 14.1. The molecular weight excluding hydrogens is 338 g/mol. The van der Waals surface area contributed by atoms with Gasteiger partial charge in [0.2, 0.25) is 0 Å². The molecule has 6 heteroatoms. The Labute approximate surface area is 151 Å². The van der Waals surface area contributed by atoms with E-state index in [2.05, 4.69) is 5.10 Å². The Kier molecular flexibility index (Phi) is 4.97. The monoisotopic (exact) mass is 357 g/mol. The number of methoxy groups -OCH3 is 1. The first-order valence-electron chi connectivity index (χ1n) is 7.94. The molecule has 25 heavy (non-hydrogen) atoms. The first-order chi connectivity index (χ1) is 12.0. The number of phenolic OH excluding ortho intramolecular Hbond substituents is 1. The van der Waals surface area contributed by atoms with E-state index in [1.165, 1.54) is 0 Å². The number of nitrogens with zero attached hydrogens (tertiary/aromatic N) is 2. The van der Waals surface area contributed by atoms with Crippen LogP contribution in [0.4, 0.5) is 0 Å². The van der Waals surface area contributed by atoms with Crippen LogP contribution in [0.3, 0.4) is 0 Å². The molecule has 0 amide bonds. The zero-order valence-corrected chi connectivity index (χ0v) is 14.9. The molecule has 0 saturated heterocycles. The van der Waals surface area contributed by atoms with E-state index in [4.69, 9.17) is 22.1 Å². The third-order valence-corrected chi connectivity index (χ3v) is 4.28. The van der Waals surface area contributed by atoms with Gasteiger partial charge in [-0.3, -0.25) is 0 Å². The predicted molar refractivity (Wildman–Crippen MR) is 98.6 cm³/mol. The van der Waals surface area contributed by atoms with Gasteiger partial charge in [0, 0.05) is 24.2 Å². The Bertz CT molecular complexity index is 873. The fourth-order valence-corrected chi connectivity index (χ4v) is 2.86. The number of halogens is 1. The molecular formula is C19H20ClN3O2. The first kappa shape index (κ1) is 17.3. The van der Waals surface area contributed by atoms with Gasteiger partial charge in [-0.05, 0) is 42.8 Å². The van der Waals surface area contributed by atoms with Crippen molar-refractivity contribution in [2.45, 2.75) is 19.4 Å². The van der Waals surface area contributed by atoms with Crippen LogP contribution < -0.4 is 10.5 Å². The Morgan fingerprint density at radius 1 is 1.20 bits per heavy atom. The van der Waals surface area contributed by atoms with E-state index in [1.807, 2.05) is 41.9 Å². The third kappa shape index (κ3) is 3.78. The van der Waals surface area contributed by atoms with E-state index in [0.29, 0.717) is 17.2 Å². The van der Waals surface area contributed by atoms with Crippen LogP contribution in [0.15, 0.2) is 48.5 Å². The summed E-state index contributed by atoms with van der Waals surface area (Å²) in [6.07, 6.45) is 0.641. The summed E-state index contributed by atoms with van der Waals surface area (Å²) in [7, 11) is 1.60. The minimum atomic E-state index is -0.183. The molecule has 0 bridgehead atoms. The molecule has 1 aromatic heterocycles. The molecule has 5 nitrogen and oxygen atoms in total. The summed E-state index contributed by atoms with van der Waals surface area (Å²) < 4.78 is 7.02. The van der Waals surface area contributed by atoms with Gasteiger partial charge in [-0.1, -0.05) is 23.7 Å². The Morgan fingerprint density at radius 2 is 1.92 bits per heavy atom. The Balaban J connectivity index is 2.04. The number of nitrogens with two attached hydrogens (primary N) is 1. The number of benzene rings is 2. The summed E-state index contributed by atoms with van der Waals surface area (Å²) in [5.74, 6) is 0.931. The normalized spacial score (nSPS) is 12.2. The first-order valence-corrected chi connectivity index (χ1v) is 8.32. The molecule has 3 aromatic rings. The molecule has 3 rings (SSSR count). The van der Waals surface area contributed by atoms with Crippen molar-refractivity contribution in [3.63, 3.8) is 0 Å². The Hall–Kier alpha value is -2.50. The average molecular weight is 358 g/mol. The number of phenols is 1. The van der Waals surface area contributed by atoms with Gasteiger partial charge in [0.1, 0.15) is 11.5 Å². The fraction of sp³-hybridized carbons (Fsp3) is 0.211. The van der Waals surface area contributed by atoms with Gasteiger partial charge in [-0.2, -0.15) is 5.10 Å². The predicted octanol–water partition coefficient (Wildman–Crippen LogP) is 3.85. The maximum absolute atomic E-state index is 9.45. The number of aromatic nitrogens is 2. The molecule has 0 aliphatic rings. The summed E-state index contributed by atoms with van der Waals surface area (Å²) in [5, 5.41) is 14.6. The minimum absolute atomic E-state index is 0.183. The molecule has 1 heterocycles. The van der Waals surface area contributed by atoms with Crippen molar-refractivity contribution in [3.05, 3.63) is 70.5 Å². The van der Waals surface area contributed by atoms with E-state index in [1.54, 1.807) is 25.3 Å². The molecule has 0 aliphatic heterocycles. The Morgan fingerprint density at radius 3 is 2.52 bits per heavy atom. The van der Waals surface area contributed by atoms with Crippen LogP contribution in [0.1, 0.15) is 29.9 Å². The maximum Gasteiger partial charge on any atom is 0.120 e. The lowest BCUT2D eigenvalue weighted by Crippen LogP contribution is -2.07. The fourth-order valence-electron chi connectivity index (χ4n) is 2.61. The summed E-state index contributed by atoms with van der Waals surface area (Å²) in [6.45, 7) is 1.90. The lowest BCUT2D eigenvalue weighted by molar-refractivity contribution is 0.414. The second-order valence-corrected chi connectivity index (χ2v) is 6.33. The number of hydrogen-bond donors (Lipinski definition) is 2. The van der Waals surface area contributed by atoms with Crippen molar-refractivity contribution < 1.29 is 9.84 Å². The SMILES string of the molecule is COc1ccc(-n2nc([C@H](C)N)cc2Cc2ccc(O)cc2)c(Cl)c1. The van der Waals surface area contributed by atoms with Gasteiger partial charge in [0.05, 0.1) is 23.5 Å². The molecule has 3 N–H and O–H groups in total. The second kappa shape index (κ2) is 7.17. The number of ether oxygens (including phenoxy) is 1. The summed E-state index contributed by atoms with van der Waals surface area (Å²) >= 11 is 6.42. The van der Waals surface area contributed by atoms with Gasteiger partial charge < -0.3 is 15.6 Å². The van der Waals surface area contributed by atoms with E-state index in [0.717, 1.165) is 22.6 Å². The van der Waals surface area contributed by atoms with E-state index < -0.39 is 0 Å². The number of aromatic hydroxyl groups is 1. The zero-order chi connectivity index (χ0) is 18.0. The summed E-state index contributed by atoms with van der Waals surface area (Å²) in [6, 6.07) is 14.4. The smallest absolute Gasteiger partial charge is 0.120 e. The molecule has 0 saturated carbocycles. The molecule has 2 aromatic carbocycles. The van der Waals surface area contributed by atoms with Crippen LogP contribution in [0.25, 0.3) is 5.69 Å². The number of rotatable bonds is 5. The minimum Gasteiger partial charge on any atom is -0.508 e. The van der Waals surface area contributed by atoms with E-state index in [-0.39, 0.29) is 11.8 Å². The van der Waals surface area contributed by atoms with Crippen molar-refractivity contribution in [3.8, 4) is 17.2 Å². The van der Waals surface area contributed by atoms with Crippen LogP contribution in [0.2, 0.25) is 5.02 Å². The largest absolute Gasteiger partial charge is 0.508 e. The van der Waals surface area contributed by atoms with Gasteiger partial charge in [-0.25, -0.2) is 4.68 Å². The lowest BCUT2D eigenvalue weighted by atomic mass is 10.1. The van der Waals surface area contributed by atoms with Crippen molar-refractivity contribution in [1.82, 2.24) is 9.78 Å². The highest BCUT2D eigenvalue weighted by Crippen LogP contribution is 2.28. The van der Waals surface area contributed by atoms with Crippen molar-refractivity contribution in [2.24, 2.45) is 5.73 Å². The highest BCUT2D eigenvalue weighted by Gasteiger charge is 2.15. The van der Waals surface area contributed by atoms with Gasteiger partial charge >= 0.3 is 0 Å². The van der Waals surface area contributed by atoms with Crippen molar-refractivity contribution in [1.29, 1.82) is 0 Å². The molecule has 1 atom stereocenters. The van der Waals surface area contributed by atoms with Crippen LogP contribution >= 0.6 is 11.6 Å². The number of hydrogen-bond acceptors (Lipinski definition) is 4. The molecule has 0 spiro atoms. The lowest BCUT2D eigenvalue weighted by Gasteiger charge is -2.11. The van der Waals surface area contributed by atoms with E-state index in [9.17, 15) is 5.11 Å². The quantitative estimate of drug-likeness (QED) is 0.727.